The van der Waals surface area contributed by atoms with E-state index in [1.165, 1.54) is 11.1 Å². The molecule has 0 saturated heterocycles. The van der Waals surface area contributed by atoms with Gasteiger partial charge in [0, 0.05) is 11.6 Å². The first-order valence-electron chi connectivity index (χ1n) is 11.1. The lowest BCUT2D eigenvalue weighted by Crippen LogP contribution is -2.34. The minimum Gasteiger partial charge on any atom is -0.348 e. The van der Waals surface area contributed by atoms with Crippen molar-refractivity contribution >= 4 is 5.91 Å². The highest BCUT2D eigenvalue weighted by molar-refractivity contribution is 5.94. The van der Waals surface area contributed by atoms with Gasteiger partial charge in [-0.2, -0.15) is 5.10 Å². The Morgan fingerprint density at radius 1 is 0.938 bits per heavy atom. The van der Waals surface area contributed by atoms with E-state index >= 15 is 0 Å². The van der Waals surface area contributed by atoms with E-state index < -0.39 is 0 Å². The predicted octanol–water partition coefficient (Wildman–Crippen LogP) is 5.91. The van der Waals surface area contributed by atoms with Crippen molar-refractivity contribution in [3.63, 3.8) is 0 Å². The summed E-state index contributed by atoms with van der Waals surface area (Å²) in [4.78, 5) is 13.3. The minimum atomic E-state index is -0.111. The Labute approximate surface area is 189 Å². The van der Waals surface area contributed by atoms with E-state index in [4.69, 9.17) is 5.10 Å². The lowest BCUT2D eigenvalue weighted by Gasteiger charge is -2.15. The molecule has 4 aromatic rings. The summed E-state index contributed by atoms with van der Waals surface area (Å²) in [7, 11) is 0. The highest BCUT2D eigenvalue weighted by Crippen LogP contribution is 2.24. The third-order valence-electron chi connectivity index (χ3n) is 5.68. The van der Waals surface area contributed by atoms with Crippen LogP contribution >= 0.6 is 0 Å². The van der Waals surface area contributed by atoms with Crippen molar-refractivity contribution in [2.24, 2.45) is 0 Å². The van der Waals surface area contributed by atoms with Crippen LogP contribution in [0.4, 0.5) is 0 Å². The van der Waals surface area contributed by atoms with Gasteiger partial charge in [-0.25, -0.2) is 4.68 Å². The zero-order valence-electron chi connectivity index (χ0n) is 18.9. The predicted molar refractivity (Wildman–Crippen MR) is 130 cm³/mol. The first kappa shape index (κ1) is 21.6. The van der Waals surface area contributed by atoms with Crippen LogP contribution < -0.4 is 5.32 Å². The molecule has 0 fully saturated rings. The van der Waals surface area contributed by atoms with E-state index in [2.05, 4.69) is 50.4 Å². The van der Waals surface area contributed by atoms with E-state index in [1.54, 1.807) is 4.68 Å². The van der Waals surface area contributed by atoms with Gasteiger partial charge in [0.05, 0.1) is 11.4 Å². The van der Waals surface area contributed by atoms with Gasteiger partial charge in [0.15, 0.2) is 0 Å². The molecule has 4 heteroatoms. The maximum absolute atomic E-state index is 13.3. The quantitative estimate of drug-likeness (QED) is 0.402. The lowest BCUT2D eigenvalue weighted by molar-refractivity contribution is 0.0930. The Morgan fingerprint density at radius 3 is 2.31 bits per heavy atom. The molecule has 3 aromatic carbocycles. The standard InChI is InChI=1S/C28H29N3O/c1-20-14-17-26(21(2)18-20)31-27(19-25(30-31)24-12-8-5-9-13-24)28(32)29-22(3)15-16-23-10-6-4-7-11-23/h4-14,17-19,22H,15-16H2,1-3H3,(H,29,32)/t22-/m1/s1. The van der Waals surface area contributed by atoms with Crippen molar-refractivity contribution in [1.82, 2.24) is 15.1 Å². The minimum absolute atomic E-state index is 0.0466. The summed E-state index contributed by atoms with van der Waals surface area (Å²) < 4.78 is 1.77. The van der Waals surface area contributed by atoms with Gasteiger partial charge in [0.25, 0.3) is 5.91 Å². The van der Waals surface area contributed by atoms with Gasteiger partial charge in [-0.15, -0.1) is 0 Å². The molecule has 0 radical (unpaired) electrons. The second-order valence-corrected chi connectivity index (χ2v) is 8.38. The molecule has 4 rings (SSSR count). The molecule has 0 unspecified atom stereocenters. The average Bonchev–Trinajstić information content (AvgIpc) is 3.24. The van der Waals surface area contributed by atoms with E-state index in [9.17, 15) is 4.79 Å². The number of hydrogen-bond donors (Lipinski definition) is 1. The van der Waals surface area contributed by atoms with Gasteiger partial charge in [-0.1, -0.05) is 78.4 Å². The molecule has 0 saturated carbocycles. The van der Waals surface area contributed by atoms with Crippen LogP contribution in [-0.4, -0.2) is 21.7 Å². The molecule has 1 atom stereocenters. The molecule has 1 heterocycles. The number of rotatable bonds is 7. The number of carbonyl (C=O) groups is 1. The fraction of sp³-hybridized carbons (Fsp3) is 0.214. The van der Waals surface area contributed by atoms with Gasteiger partial charge in [-0.3, -0.25) is 4.79 Å². The third kappa shape index (κ3) is 4.97. The number of nitrogens with one attached hydrogen (secondary N) is 1. The van der Waals surface area contributed by atoms with Crippen LogP contribution in [0.2, 0.25) is 0 Å². The number of hydrogen-bond acceptors (Lipinski definition) is 2. The second-order valence-electron chi connectivity index (χ2n) is 8.38. The summed E-state index contributed by atoms with van der Waals surface area (Å²) in [5.41, 5.74) is 6.78. The van der Waals surface area contributed by atoms with Crippen molar-refractivity contribution in [2.75, 3.05) is 0 Å². The van der Waals surface area contributed by atoms with Crippen LogP contribution in [-0.2, 0) is 6.42 Å². The van der Waals surface area contributed by atoms with Crippen LogP contribution in [0.1, 0.15) is 40.5 Å². The number of carbonyl (C=O) groups excluding carboxylic acids is 1. The normalized spacial score (nSPS) is 11.8. The molecule has 0 aliphatic rings. The second kappa shape index (κ2) is 9.65. The molecular formula is C28H29N3O. The summed E-state index contributed by atoms with van der Waals surface area (Å²) in [6.07, 6.45) is 1.80. The fourth-order valence-electron chi connectivity index (χ4n) is 3.92. The molecule has 162 valence electrons. The molecule has 1 amide bonds. The zero-order valence-corrected chi connectivity index (χ0v) is 18.9. The number of benzene rings is 3. The van der Waals surface area contributed by atoms with Crippen LogP contribution in [0.3, 0.4) is 0 Å². The maximum atomic E-state index is 13.3. The van der Waals surface area contributed by atoms with Gasteiger partial charge in [0.1, 0.15) is 5.69 Å². The molecular weight excluding hydrogens is 394 g/mol. The van der Waals surface area contributed by atoms with Crippen molar-refractivity contribution in [3.05, 3.63) is 107 Å². The Balaban J connectivity index is 1.61. The van der Waals surface area contributed by atoms with Gasteiger partial charge >= 0.3 is 0 Å². The largest absolute Gasteiger partial charge is 0.348 e. The van der Waals surface area contributed by atoms with E-state index in [1.807, 2.05) is 60.7 Å². The summed E-state index contributed by atoms with van der Waals surface area (Å²) in [5, 5.41) is 7.99. The van der Waals surface area contributed by atoms with E-state index in [0.29, 0.717) is 5.69 Å². The Bertz CT molecular complexity index is 1200. The monoisotopic (exact) mass is 423 g/mol. The van der Waals surface area contributed by atoms with E-state index in [0.717, 1.165) is 35.3 Å². The Hall–Kier alpha value is -3.66. The Kier molecular flexibility index (Phi) is 6.50. The number of aryl methyl sites for hydroxylation is 3. The first-order chi connectivity index (χ1) is 15.5. The molecule has 32 heavy (non-hydrogen) atoms. The van der Waals surface area contributed by atoms with Gasteiger partial charge in [-0.05, 0) is 56.9 Å². The molecule has 0 bridgehead atoms. The smallest absolute Gasteiger partial charge is 0.270 e. The molecule has 0 aliphatic heterocycles. The summed E-state index contributed by atoms with van der Waals surface area (Å²) >= 11 is 0. The van der Waals surface area contributed by atoms with Gasteiger partial charge < -0.3 is 5.32 Å². The van der Waals surface area contributed by atoms with Crippen molar-refractivity contribution in [3.8, 4) is 16.9 Å². The number of nitrogens with zero attached hydrogens (tertiary/aromatic N) is 2. The molecule has 0 aliphatic carbocycles. The highest BCUT2D eigenvalue weighted by atomic mass is 16.2. The summed E-state index contributed by atoms with van der Waals surface area (Å²) in [6, 6.07) is 28.5. The van der Waals surface area contributed by atoms with Crippen LogP contribution in [0, 0.1) is 13.8 Å². The first-order valence-corrected chi connectivity index (χ1v) is 11.1. The maximum Gasteiger partial charge on any atom is 0.270 e. The molecule has 1 N–H and O–H groups in total. The zero-order chi connectivity index (χ0) is 22.5. The Morgan fingerprint density at radius 2 is 1.62 bits per heavy atom. The van der Waals surface area contributed by atoms with Crippen molar-refractivity contribution in [1.29, 1.82) is 0 Å². The van der Waals surface area contributed by atoms with E-state index in [-0.39, 0.29) is 11.9 Å². The molecule has 1 aromatic heterocycles. The van der Waals surface area contributed by atoms with Crippen molar-refractivity contribution < 1.29 is 4.79 Å². The lowest BCUT2D eigenvalue weighted by atomic mass is 10.1. The fourth-order valence-corrected chi connectivity index (χ4v) is 3.92. The third-order valence-corrected chi connectivity index (χ3v) is 5.68. The summed E-state index contributed by atoms with van der Waals surface area (Å²) in [6.45, 7) is 6.17. The number of amides is 1. The topological polar surface area (TPSA) is 46.9 Å². The molecule has 0 spiro atoms. The van der Waals surface area contributed by atoms with Crippen molar-refractivity contribution in [2.45, 2.75) is 39.7 Å². The summed E-state index contributed by atoms with van der Waals surface area (Å²) in [5.74, 6) is -0.111. The van der Waals surface area contributed by atoms with Crippen LogP contribution in [0.25, 0.3) is 16.9 Å². The van der Waals surface area contributed by atoms with Crippen LogP contribution in [0.5, 0.6) is 0 Å². The van der Waals surface area contributed by atoms with Crippen LogP contribution in [0.15, 0.2) is 84.9 Å². The SMILES string of the molecule is Cc1ccc(-n2nc(-c3ccccc3)cc2C(=O)N[C@H](C)CCc2ccccc2)c(C)c1. The van der Waals surface area contributed by atoms with Gasteiger partial charge in [0.2, 0.25) is 0 Å². The number of aromatic nitrogens is 2. The highest BCUT2D eigenvalue weighted by Gasteiger charge is 2.20. The molecule has 4 nitrogen and oxygen atoms in total. The average molecular weight is 424 g/mol.